The van der Waals surface area contributed by atoms with Crippen molar-refractivity contribution < 1.29 is 4.79 Å². The number of pyridine rings is 1. The quantitative estimate of drug-likeness (QED) is 0.898. The highest BCUT2D eigenvalue weighted by molar-refractivity contribution is 9.10. The molecule has 4 nitrogen and oxygen atoms in total. The fraction of sp³-hybridized carbons (Fsp3) is 0.500. The van der Waals surface area contributed by atoms with Gasteiger partial charge in [0.05, 0.1) is 10.2 Å². The molecule has 17 heavy (non-hydrogen) atoms. The normalized spacial score (nSPS) is 23.6. The summed E-state index contributed by atoms with van der Waals surface area (Å²) in [6.45, 7) is 0.593. The average molecular weight is 298 g/mol. The molecule has 2 atom stereocenters. The molecule has 0 aromatic carbocycles. The van der Waals surface area contributed by atoms with Crippen LogP contribution in [0.2, 0.25) is 0 Å². The molecular formula is C12H16BrN3O. The summed E-state index contributed by atoms with van der Waals surface area (Å²) >= 11 is 3.36. The highest BCUT2D eigenvalue weighted by atomic mass is 79.9. The van der Waals surface area contributed by atoms with Crippen LogP contribution in [0.5, 0.6) is 0 Å². The van der Waals surface area contributed by atoms with E-state index in [1.54, 1.807) is 18.5 Å². The number of hydrogen-bond donors (Lipinski definition) is 2. The van der Waals surface area contributed by atoms with Crippen LogP contribution in [0.4, 0.5) is 5.69 Å². The molecule has 0 spiro atoms. The van der Waals surface area contributed by atoms with Crippen LogP contribution in [0.1, 0.15) is 19.3 Å². The maximum absolute atomic E-state index is 12.1. The minimum atomic E-state index is 0.0556. The second kappa shape index (κ2) is 5.60. The molecule has 0 radical (unpaired) electrons. The van der Waals surface area contributed by atoms with Crippen LogP contribution in [0.3, 0.4) is 0 Å². The number of amides is 1. The molecule has 0 saturated heterocycles. The first-order valence-electron chi connectivity index (χ1n) is 5.83. The van der Waals surface area contributed by atoms with Crippen molar-refractivity contribution in [1.29, 1.82) is 0 Å². The van der Waals surface area contributed by atoms with Gasteiger partial charge in [-0.15, -0.1) is 0 Å². The van der Waals surface area contributed by atoms with E-state index in [-0.39, 0.29) is 11.8 Å². The van der Waals surface area contributed by atoms with Crippen molar-refractivity contribution in [2.24, 2.45) is 17.6 Å². The number of aromatic nitrogens is 1. The Morgan fingerprint density at radius 1 is 1.59 bits per heavy atom. The van der Waals surface area contributed by atoms with Gasteiger partial charge in [0.15, 0.2) is 0 Å². The molecule has 1 aliphatic rings. The fourth-order valence-corrected chi connectivity index (χ4v) is 2.72. The Hall–Kier alpha value is -0.940. The van der Waals surface area contributed by atoms with Gasteiger partial charge in [0, 0.05) is 18.3 Å². The second-order valence-corrected chi connectivity index (χ2v) is 5.23. The Kier molecular flexibility index (Phi) is 4.12. The summed E-state index contributed by atoms with van der Waals surface area (Å²) in [6.07, 6.45) is 6.43. The van der Waals surface area contributed by atoms with Crippen molar-refractivity contribution >= 4 is 27.5 Å². The number of hydrogen-bond acceptors (Lipinski definition) is 3. The maximum atomic E-state index is 12.1. The minimum absolute atomic E-state index is 0.0556. The summed E-state index contributed by atoms with van der Waals surface area (Å²) in [7, 11) is 0. The lowest BCUT2D eigenvalue weighted by molar-refractivity contribution is -0.120. The number of rotatable bonds is 3. The van der Waals surface area contributed by atoms with Crippen molar-refractivity contribution in [2.45, 2.75) is 19.3 Å². The van der Waals surface area contributed by atoms with Crippen LogP contribution in [-0.2, 0) is 4.79 Å². The average Bonchev–Trinajstić information content (AvgIpc) is 2.80. The zero-order chi connectivity index (χ0) is 12.3. The van der Waals surface area contributed by atoms with Crippen molar-refractivity contribution in [3.8, 4) is 0 Å². The zero-order valence-corrected chi connectivity index (χ0v) is 11.1. The van der Waals surface area contributed by atoms with E-state index in [4.69, 9.17) is 5.73 Å². The molecule has 2 unspecified atom stereocenters. The zero-order valence-electron chi connectivity index (χ0n) is 9.53. The lowest BCUT2D eigenvalue weighted by atomic mass is 9.95. The third kappa shape index (κ3) is 2.84. The topological polar surface area (TPSA) is 68.0 Å². The van der Waals surface area contributed by atoms with E-state index in [2.05, 4.69) is 26.2 Å². The van der Waals surface area contributed by atoms with Gasteiger partial charge in [0.1, 0.15) is 0 Å². The molecule has 1 heterocycles. The van der Waals surface area contributed by atoms with Crippen molar-refractivity contribution in [1.82, 2.24) is 4.98 Å². The van der Waals surface area contributed by atoms with Gasteiger partial charge in [-0.1, -0.05) is 6.42 Å². The molecule has 92 valence electrons. The van der Waals surface area contributed by atoms with E-state index in [9.17, 15) is 4.79 Å². The van der Waals surface area contributed by atoms with Gasteiger partial charge in [0.2, 0.25) is 5.91 Å². The summed E-state index contributed by atoms with van der Waals surface area (Å²) in [5.41, 5.74) is 6.46. The molecule has 1 aromatic rings. The lowest BCUT2D eigenvalue weighted by Gasteiger charge is -2.17. The van der Waals surface area contributed by atoms with E-state index in [1.165, 1.54) is 0 Å². The van der Waals surface area contributed by atoms with Crippen LogP contribution < -0.4 is 11.1 Å². The fourth-order valence-electron chi connectivity index (χ4n) is 2.37. The summed E-state index contributed by atoms with van der Waals surface area (Å²) in [6, 6.07) is 1.79. The smallest absolute Gasteiger partial charge is 0.227 e. The summed E-state index contributed by atoms with van der Waals surface area (Å²) in [5, 5.41) is 2.94. The molecule has 3 N–H and O–H groups in total. The van der Waals surface area contributed by atoms with E-state index < -0.39 is 0 Å². The van der Waals surface area contributed by atoms with Crippen LogP contribution >= 0.6 is 15.9 Å². The van der Waals surface area contributed by atoms with E-state index in [0.29, 0.717) is 12.5 Å². The number of carbonyl (C=O) groups is 1. The molecule has 1 aliphatic carbocycles. The van der Waals surface area contributed by atoms with Crippen molar-refractivity contribution in [2.75, 3.05) is 11.9 Å². The third-order valence-electron chi connectivity index (χ3n) is 3.33. The first-order chi connectivity index (χ1) is 8.22. The number of halogens is 1. The summed E-state index contributed by atoms with van der Waals surface area (Å²) in [4.78, 5) is 16.1. The van der Waals surface area contributed by atoms with Gasteiger partial charge in [-0.3, -0.25) is 9.78 Å². The first-order valence-corrected chi connectivity index (χ1v) is 6.62. The number of anilines is 1. The number of carbonyl (C=O) groups excluding carboxylic acids is 1. The monoisotopic (exact) mass is 297 g/mol. The third-order valence-corrected chi connectivity index (χ3v) is 3.96. The van der Waals surface area contributed by atoms with Gasteiger partial charge in [-0.25, -0.2) is 0 Å². The van der Waals surface area contributed by atoms with Crippen LogP contribution in [0.25, 0.3) is 0 Å². The minimum Gasteiger partial charge on any atom is -0.330 e. The lowest BCUT2D eigenvalue weighted by Crippen LogP contribution is -2.29. The number of nitrogens with one attached hydrogen (secondary N) is 1. The standard InChI is InChI=1S/C12H16BrN3O/c13-10-7-15-5-4-11(10)16-12(17)9-3-1-2-8(9)6-14/h4-5,7-9H,1-3,6,14H2,(H,15,16,17). The van der Waals surface area contributed by atoms with Gasteiger partial charge < -0.3 is 11.1 Å². The van der Waals surface area contributed by atoms with Gasteiger partial charge in [-0.05, 0) is 47.3 Å². The number of nitrogens with zero attached hydrogens (tertiary/aromatic N) is 1. The summed E-state index contributed by atoms with van der Waals surface area (Å²) < 4.78 is 0.802. The van der Waals surface area contributed by atoms with Crippen molar-refractivity contribution in [3.63, 3.8) is 0 Å². The Balaban J connectivity index is 2.04. The molecule has 0 bridgehead atoms. The SMILES string of the molecule is NCC1CCCC1C(=O)Nc1ccncc1Br. The maximum Gasteiger partial charge on any atom is 0.227 e. The Bertz CT molecular complexity index is 410. The van der Waals surface area contributed by atoms with Crippen LogP contribution in [-0.4, -0.2) is 17.4 Å². The van der Waals surface area contributed by atoms with Crippen LogP contribution in [0, 0.1) is 11.8 Å². The summed E-state index contributed by atoms with van der Waals surface area (Å²) in [5.74, 6) is 0.459. The molecule has 2 rings (SSSR count). The Morgan fingerprint density at radius 3 is 3.12 bits per heavy atom. The molecule has 0 aliphatic heterocycles. The highest BCUT2D eigenvalue weighted by Crippen LogP contribution is 2.32. The second-order valence-electron chi connectivity index (χ2n) is 4.38. The van der Waals surface area contributed by atoms with Gasteiger partial charge >= 0.3 is 0 Å². The molecule has 5 heteroatoms. The molecule has 1 amide bonds. The van der Waals surface area contributed by atoms with Crippen LogP contribution in [0.15, 0.2) is 22.9 Å². The molecule has 1 fully saturated rings. The Labute approximate surface area is 109 Å². The molecule has 1 aromatic heterocycles. The molecular weight excluding hydrogens is 282 g/mol. The largest absolute Gasteiger partial charge is 0.330 e. The first kappa shape index (κ1) is 12.5. The van der Waals surface area contributed by atoms with Gasteiger partial charge in [0.25, 0.3) is 0 Å². The van der Waals surface area contributed by atoms with E-state index >= 15 is 0 Å². The number of nitrogens with two attached hydrogens (primary N) is 1. The van der Waals surface area contributed by atoms with E-state index in [1.807, 2.05) is 0 Å². The van der Waals surface area contributed by atoms with Gasteiger partial charge in [-0.2, -0.15) is 0 Å². The highest BCUT2D eigenvalue weighted by Gasteiger charge is 2.32. The Morgan fingerprint density at radius 2 is 2.41 bits per heavy atom. The van der Waals surface area contributed by atoms with Crippen molar-refractivity contribution in [3.05, 3.63) is 22.9 Å². The predicted octanol–water partition coefficient (Wildman–Crippen LogP) is 2.16. The van der Waals surface area contributed by atoms with E-state index in [0.717, 1.165) is 29.4 Å². The predicted molar refractivity (Wildman–Crippen MR) is 70.5 cm³/mol. The molecule has 1 saturated carbocycles.